The van der Waals surface area contributed by atoms with Gasteiger partial charge in [-0.1, -0.05) is 6.07 Å². The lowest BCUT2D eigenvalue weighted by molar-refractivity contribution is -0.139. The summed E-state index contributed by atoms with van der Waals surface area (Å²) in [5, 5.41) is 2.82. The van der Waals surface area contributed by atoms with E-state index >= 15 is 0 Å². The molecule has 32 heavy (non-hydrogen) atoms. The standard InChI is InChI=1S/C25H30N2O5/c1-16-8-9-20(25(30)31-4)14-22(16)26-24(29)19-10-12-21(13-11-19)32-15-23(28)27-17(2)6-5-7-18(27)3/h8-14,17-18H,5-7,15H2,1-4H3,(H,26,29)/t17-,18+. The van der Waals surface area contributed by atoms with Crippen LogP contribution in [0, 0.1) is 6.92 Å². The smallest absolute Gasteiger partial charge is 0.337 e. The van der Waals surface area contributed by atoms with E-state index in [0.717, 1.165) is 24.8 Å². The molecule has 2 aromatic carbocycles. The summed E-state index contributed by atoms with van der Waals surface area (Å²) in [6, 6.07) is 12.1. The maximum atomic E-state index is 12.6. The number of carbonyl (C=O) groups excluding carboxylic acids is 3. The number of likely N-dealkylation sites (tertiary alicyclic amines) is 1. The van der Waals surface area contributed by atoms with Crippen molar-refractivity contribution in [2.45, 2.75) is 52.1 Å². The molecule has 7 nitrogen and oxygen atoms in total. The summed E-state index contributed by atoms with van der Waals surface area (Å²) in [5.41, 5.74) is 2.16. The van der Waals surface area contributed by atoms with Crippen molar-refractivity contribution in [3.8, 4) is 5.75 Å². The highest BCUT2D eigenvalue weighted by Crippen LogP contribution is 2.23. The first-order chi connectivity index (χ1) is 15.3. The monoisotopic (exact) mass is 438 g/mol. The second-order valence-corrected chi connectivity index (χ2v) is 8.22. The quantitative estimate of drug-likeness (QED) is 0.683. The molecule has 0 radical (unpaired) electrons. The van der Waals surface area contributed by atoms with Gasteiger partial charge in [0.1, 0.15) is 5.75 Å². The molecular weight excluding hydrogens is 408 g/mol. The Labute approximate surface area is 188 Å². The Morgan fingerprint density at radius 2 is 1.62 bits per heavy atom. The van der Waals surface area contributed by atoms with Gasteiger partial charge < -0.3 is 19.7 Å². The molecule has 1 N–H and O–H groups in total. The SMILES string of the molecule is COC(=O)c1ccc(C)c(NC(=O)c2ccc(OCC(=O)N3[C@H](C)CCC[C@@H]3C)cc2)c1. The van der Waals surface area contributed by atoms with Gasteiger partial charge >= 0.3 is 5.97 Å². The van der Waals surface area contributed by atoms with E-state index in [0.29, 0.717) is 22.6 Å². The zero-order chi connectivity index (χ0) is 23.3. The minimum absolute atomic E-state index is 0.0208. The number of carbonyl (C=O) groups is 3. The van der Waals surface area contributed by atoms with Crippen LogP contribution in [0.15, 0.2) is 42.5 Å². The molecule has 0 aliphatic carbocycles. The Bertz CT molecular complexity index is 976. The number of rotatable bonds is 6. The summed E-state index contributed by atoms with van der Waals surface area (Å²) in [6.07, 6.45) is 3.17. The van der Waals surface area contributed by atoms with Crippen molar-refractivity contribution >= 4 is 23.5 Å². The lowest BCUT2D eigenvalue weighted by Crippen LogP contribution is -2.49. The van der Waals surface area contributed by atoms with Gasteiger partial charge in [0.05, 0.1) is 12.7 Å². The fourth-order valence-electron chi connectivity index (χ4n) is 4.03. The third kappa shape index (κ3) is 5.46. The van der Waals surface area contributed by atoms with Crippen LogP contribution in [0.5, 0.6) is 5.75 Å². The number of hydrogen-bond donors (Lipinski definition) is 1. The lowest BCUT2D eigenvalue weighted by atomic mass is 9.97. The van der Waals surface area contributed by atoms with Gasteiger partial charge in [-0.25, -0.2) is 4.79 Å². The molecule has 2 atom stereocenters. The molecule has 1 fully saturated rings. The van der Waals surface area contributed by atoms with Crippen LogP contribution in [0.2, 0.25) is 0 Å². The highest BCUT2D eigenvalue weighted by Gasteiger charge is 2.29. The molecule has 0 saturated carbocycles. The van der Waals surface area contributed by atoms with Crippen LogP contribution in [0.1, 0.15) is 59.4 Å². The molecular formula is C25H30N2O5. The van der Waals surface area contributed by atoms with Gasteiger partial charge in [-0.05, 0) is 82.0 Å². The zero-order valence-electron chi connectivity index (χ0n) is 19.0. The minimum Gasteiger partial charge on any atom is -0.484 e. The van der Waals surface area contributed by atoms with Crippen LogP contribution < -0.4 is 10.1 Å². The molecule has 170 valence electrons. The molecule has 1 aliphatic rings. The van der Waals surface area contributed by atoms with E-state index in [1.807, 2.05) is 11.8 Å². The van der Waals surface area contributed by atoms with E-state index in [1.54, 1.807) is 42.5 Å². The van der Waals surface area contributed by atoms with Crippen molar-refractivity contribution in [1.29, 1.82) is 0 Å². The summed E-state index contributed by atoms with van der Waals surface area (Å²) in [5.74, 6) is -0.276. The molecule has 1 aliphatic heterocycles. The third-order valence-electron chi connectivity index (χ3n) is 5.87. The number of amides is 2. The molecule has 2 aromatic rings. The normalized spacial score (nSPS) is 18.1. The Morgan fingerprint density at radius 3 is 2.25 bits per heavy atom. The first kappa shape index (κ1) is 23.3. The van der Waals surface area contributed by atoms with Gasteiger partial charge in [-0.15, -0.1) is 0 Å². The Morgan fingerprint density at radius 1 is 1.00 bits per heavy atom. The van der Waals surface area contributed by atoms with Gasteiger partial charge in [0.25, 0.3) is 11.8 Å². The molecule has 0 unspecified atom stereocenters. The van der Waals surface area contributed by atoms with Crippen molar-refractivity contribution in [2.75, 3.05) is 19.0 Å². The Kier molecular flexibility index (Phi) is 7.51. The van der Waals surface area contributed by atoms with E-state index in [2.05, 4.69) is 19.2 Å². The number of hydrogen-bond acceptors (Lipinski definition) is 5. The summed E-state index contributed by atoms with van der Waals surface area (Å²) < 4.78 is 10.4. The highest BCUT2D eigenvalue weighted by atomic mass is 16.5. The average Bonchev–Trinajstić information content (AvgIpc) is 2.78. The predicted octanol–water partition coefficient (Wildman–Crippen LogP) is 4.20. The number of nitrogens with one attached hydrogen (secondary N) is 1. The number of piperidine rings is 1. The summed E-state index contributed by atoms with van der Waals surface area (Å²) in [6.45, 7) is 5.96. The number of anilines is 1. The fraction of sp³-hybridized carbons (Fsp3) is 0.400. The van der Waals surface area contributed by atoms with Crippen molar-refractivity contribution in [1.82, 2.24) is 4.90 Å². The first-order valence-corrected chi connectivity index (χ1v) is 10.8. The van der Waals surface area contributed by atoms with E-state index in [-0.39, 0.29) is 30.5 Å². The minimum atomic E-state index is -0.468. The average molecular weight is 439 g/mol. The van der Waals surface area contributed by atoms with Gasteiger partial charge in [0.15, 0.2) is 6.61 Å². The van der Waals surface area contributed by atoms with Crippen LogP contribution in [0.25, 0.3) is 0 Å². The molecule has 7 heteroatoms. The Balaban J connectivity index is 1.60. The summed E-state index contributed by atoms with van der Waals surface area (Å²) in [7, 11) is 1.31. The predicted molar refractivity (Wildman–Crippen MR) is 122 cm³/mol. The van der Waals surface area contributed by atoms with Crippen LogP contribution >= 0.6 is 0 Å². The fourth-order valence-corrected chi connectivity index (χ4v) is 4.03. The lowest BCUT2D eigenvalue weighted by Gasteiger charge is -2.38. The maximum absolute atomic E-state index is 12.6. The topological polar surface area (TPSA) is 84.9 Å². The van der Waals surface area contributed by atoms with Crippen molar-refractivity contribution in [3.63, 3.8) is 0 Å². The van der Waals surface area contributed by atoms with Crippen molar-refractivity contribution in [2.24, 2.45) is 0 Å². The first-order valence-electron chi connectivity index (χ1n) is 10.8. The number of nitrogens with zero attached hydrogens (tertiary/aromatic N) is 1. The number of aryl methyl sites for hydroxylation is 1. The van der Waals surface area contributed by atoms with Crippen molar-refractivity contribution in [3.05, 3.63) is 59.2 Å². The van der Waals surface area contributed by atoms with Crippen LogP contribution in [0.3, 0.4) is 0 Å². The molecule has 3 rings (SSSR count). The van der Waals surface area contributed by atoms with E-state index in [9.17, 15) is 14.4 Å². The number of benzene rings is 2. The van der Waals surface area contributed by atoms with Crippen LogP contribution in [-0.2, 0) is 9.53 Å². The third-order valence-corrected chi connectivity index (χ3v) is 5.87. The van der Waals surface area contributed by atoms with E-state index in [4.69, 9.17) is 9.47 Å². The molecule has 0 aromatic heterocycles. The van der Waals surface area contributed by atoms with Gasteiger partial charge in [0, 0.05) is 23.3 Å². The zero-order valence-corrected chi connectivity index (χ0v) is 19.0. The van der Waals surface area contributed by atoms with Crippen LogP contribution in [-0.4, -0.2) is 48.5 Å². The number of methoxy groups -OCH3 is 1. The Hall–Kier alpha value is -3.35. The van der Waals surface area contributed by atoms with Crippen LogP contribution in [0.4, 0.5) is 5.69 Å². The molecule has 0 bridgehead atoms. The molecule has 1 heterocycles. The molecule has 1 saturated heterocycles. The molecule has 0 spiro atoms. The summed E-state index contributed by atoms with van der Waals surface area (Å²) >= 11 is 0. The van der Waals surface area contributed by atoms with Crippen molar-refractivity contribution < 1.29 is 23.9 Å². The van der Waals surface area contributed by atoms with E-state index in [1.165, 1.54) is 7.11 Å². The number of ether oxygens (including phenoxy) is 2. The maximum Gasteiger partial charge on any atom is 0.337 e. The second kappa shape index (κ2) is 10.3. The van der Waals surface area contributed by atoms with E-state index < -0.39 is 5.97 Å². The largest absolute Gasteiger partial charge is 0.484 e. The van der Waals surface area contributed by atoms with Gasteiger partial charge in [-0.2, -0.15) is 0 Å². The summed E-state index contributed by atoms with van der Waals surface area (Å²) in [4.78, 5) is 38.9. The van der Waals surface area contributed by atoms with Gasteiger partial charge in [0.2, 0.25) is 0 Å². The highest BCUT2D eigenvalue weighted by molar-refractivity contribution is 6.05. The molecule has 2 amide bonds. The number of esters is 1. The second-order valence-electron chi connectivity index (χ2n) is 8.22. The van der Waals surface area contributed by atoms with Gasteiger partial charge in [-0.3, -0.25) is 9.59 Å².